The number of hydrogen-bond acceptors (Lipinski definition) is 4. The van der Waals surface area contributed by atoms with Gasteiger partial charge in [0.1, 0.15) is 17.3 Å². The van der Waals surface area contributed by atoms with Gasteiger partial charge in [-0.3, -0.25) is 4.79 Å². The minimum absolute atomic E-state index is 0.124. The van der Waals surface area contributed by atoms with Gasteiger partial charge in [0.15, 0.2) is 11.5 Å². The number of fused-ring (bicyclic) bond motifs is 2. The molecule has 3 heterocycles. The first kappa shape index (κ1) is 19.6. The second kappa shape index (κ2) is 7.70. The lowest BCUT2D eigenvalue weighted by Gasteiger charge is -2.12. The van der Waals surface area contributed by atoms with Crippen LogP contribution in [0.25, 0.3) is 10.2 Å². The van der Waals surface area contributed by atoms with Gasteiger partial charge in [0.05, 0.1) is 16.8 Å². The Labute approximate surface area is 180 Å². The molecule has 0 unspecified atom stereocenters. The van der Waals surface area contributed by atoms with Gasteiger partial charge in [0, 0.05) is 23.1 Å². The molecule has 2 aromatic carbocycles. The fourth-order valence-electron chi connectivity index (χ4n) is 3.67. The molecule has 4 aromatic rings. The molecule has 0 bridgehead atoms. The zero-order valence-electron chi connectivity index (χ0n) is 16.6. The lowest BCUT2D eigenvalue weighted by molar-refractivity contribution is 0.0942. The quantitative estimate of drug-likeness (QED) is 0.475. The van der Waals surface area contributed by atoms with E-state index in [1.807, 2.05) is 37.3 Å². The lowest BCUT2D eigenvalue weighted by atomic mass is 10.2. The molecule has 1 amide bonds. The number of aryl methyl sites for hydroxylation is 1. The summed E-state index contributed by atoms with van der Waals surface area (Å²) in [6.45, 7) is 2.60. The minimum Gasteiger partial charge on any atom is -0.454 e. The first-order chi connectivity index (χ1) is 15.0. The Bertz CT molecular complexity index is 1310. The first-order valence-electron chi connectivity index (χ1n) is 9.68. The summed E-state index contributed by atoms with van der Waals surface area (Å²) in [5, 5.41) is 2.92. The van der Waals surface area contributed by atoms with Crippen LogP contribution in [-0.2, 0) is 13.1 Å². The summed E-state index contributed by atoms with van der Waals surface area (Å²) in [5.74, 6) is -0.215. The number of hydrogen-bond donors (Lipinski definition) is 1. The van der Waals surface area contributed by atoms with Crippen LogP contribution in [0.1, 0.15) is 26.5 Å². The maximum absolute atomic E-state index is 14.3. The second-order valence-electron chi connectivity index (χ2n) is 7.33. The maximum atomic E-state index is 14.3. The smallest absolute Gasteiger partial charge is 0.268 e. The standard InChI is InChI=1S/C23H18F2N2O3S/c1-13-6-18-22(31-13)9-19(27(18)11-15-3-4-16(24)8-17(15)25)23(28)26-10-14-2-5-20-21(7-14)30-12-29-20/h2-9H,10-12H2,1H3,(H,26,28). The van der Waals surface area contributed by atoms with E-state index in [4.69, 9.17) is 9.47 Å². The van der Waals surface area contributed by atoms with Crippen LogP contribution >= 0.6 is 11.3 Å². The molecule has 0 aliphatic carbocycles. The number of nitrogens with one attached hydrogen (secondary N) is 1. The summed E-state index contributed by atoms with van der Waals surface area (Å²) >= 11 is 1.56. The number of aromatic nitrogens is 1. The fraction of sp³-hybridized carbons (Fsp3) is 0.174. The number of ether oxygens (including phenoxy) is 2. The van der Waals surface area contributed by atoms with Crippen LogP contribution in [-0.4, -0.2) is 17.3 Å². The summed E-state index contributed by atoms with van der Waals surface area (Å²) in [6.07, 6.45) is 0. The Morgan fingerprint density at radius 1 is 1.10 bits per heavy atom. The van der Waals surface area contributed by atoms with Crippen LogP contribution in [0.4, 0.5) is 8.78 Å². The normalized spacial score (nSPS) is 12.5. The predicted molar refractivity (Wildman–Crippen MR) is 114 cm³/mol. The van der Waals surface area contributed by atoms with Crippen molar-refractivity contribution < 1.29 is 23.0 Å². The highest BCUT2D eigenvalue weighted by Gasteiger charge is 2.19. The number of amides is 1. The number of thiophene rings is 1. The Morgan fingerprint density at radius 2 is 1.94 bits per heavy atom. The van der Waals surface area contributed by atoms with Crippen molar-refractivity contribution in [1.29, 1.82) is 0 Å². The van der Waals surface area contributed by atoms with Crippen LogP contribution in [0.3, 0.4) is 0 Å². The minimum atomic E-state index is -0.638. The van der Waals surface area contributed by atoms with E-state index in [0.29, 0.717) is 29.3 Å². The van der Waals surface area contributed by atoms with Gasteiger partial charge >= 0.3 is 0 Å². The van der Waals surface area contributed by atoms with Gasteiger partial charge in [0.2, 0.25) is 6.79 Å². The molecule has 31 heavy (non-hydrogen) atoms. The number of carbonyl (C=O) groups is 1. The molecule has 0 radical (unpaired) electrons. The molecule has 1 N–H and O–H groups in total. The lowest BCUT2D eigenvalue weighted by Crippen LogP contribution is -2.25. The Morgan fingerprint density at radius 3 is 2.77 bits per heavy atom. The van der Waals surface area contributed by atoms with E-state index in [-0.39, 0.29) is 19.2 Å². The summed E-state index contributed by atoms with van der Waals surface area (Å²) in [7, 11) is 0. The molecule has 8 heteroatoms. The molecular weight excluding hydrogens is 422 g/mol. The average Bonchev–Trinajstić information content (AvgIpc) is 3.43. The van der Waals surface area contributed by atoms with Gasteiger partial charge in [-0.15, -0.1) is 11.3 Å². The van der Waals surface area contributed by atoms with Crippen LogP contribution in [0, 0.1) is 18.6 Å². The van der Waals surface area contributed by atoms with Crippen molar-refractivity contribution in [2.45, 2.75) is 20.0 Å². The third kappa shape index (κ3) is 3.74. The number of nitrogens with zero attached hydrogens (tertiary/aromatic N) is 1. The van der Waals surface area contributed by atoms with E-state index in [2.05, 4.69) is 5.32 Å². The van der Waals surface area contributed by atoms with Crippen LogP contribution in [0.15, 0.2) is 48.5 Å². The summed E-state index contributed by atoms with van der Waals surface area (Å²) < 4.78 is 41.0. The van der Waals surface area contributed by atoms with Crippen LogP contribution < -0.4 is 14.8 Å². The van der Waals surface area contributed by atoms with Gasteiger partial charge in [-0.2, -0.15) is 0 Å². The number of carbonyl (C=O) groups excluding carboxylic acids is 1. The van der Waals surface area contributed by atoms with Gasteiger partial charge in [0.25, 0.3) is 5.91 Å². The van der Waals surface area contributed by atoms with Crippen molar-refractivity contribution in [3.05, 3.63) is 81.9 Å². The highest BCUT2D eigenvalue weighted by Crippen LogP contribution is 2.33. The topological polar surface area (TPSA) is 52.5 Å². The van der Waals surface area contributed by atoms with E-state index in [1.165, 1.54) is 12.1 Å². The van der Waals surface area contributed by atoms with E-state index in [0.717, 1.165) is 26.7 Å². The van der Waals surface area contributed by atoms with Crippen molar-refractivity contribution in [3.63, 3.8) is 0 Å². The maximum Gasteiger partial charge on any atom is 0.268 e. The number of halogens is 2. The van der Waals surface area contributed by atoms with Gasteiger partial charge in [-0.25, -0.2) is 8.78 Å². The van der Waals surface area contributed by atoms with Crippen molar-refractivity contribution in [1.82, 2.24) is 9.88 Å². The molecule has 5 rings (SSSR count). The Balaban J connectivity index is 1.42. The van der Waals surface area contributed by atoms with Crippen LogP contribution in [0.2, 0.25) is 0 Å². The molecule has 2 aromatic heterocycles. The van der Waals surface area contributed by atoms with Gasteiger partial charge < -0.3 is 19.4 Å². The van der Waals surface area contributed by atoms with Crippen molar-refractivity contribution in [3.8, 4) is 11.5 Å². The molecule has 158 valence electrons. The van der Waals surface area contributed by atoms with Crippen molar-refractivity contribution in [2.24, 2.45) is 0 Å². The third-order valence-corrected chi connectivity index (χ3v) is 6.17. The van der Waals surface area contributed by atoms with E-state index in [9.17, 15) is 13.6 Å². The fourth-order valence-corrected chi connectivity index (χ4v) is 4.63. The zero-order valence-corrected chi connectivity index (χ0v) is 17.4. The molecular formula is C23H18F2N2O3S. The molecule has 0 saturated heterocycles. The Hall–Kier alpha value is -3.39. The third-order valence-electron chi connectivity index (χ3n) is 5.18. The van der Waals surface area contributed by atoms with Crippen molar-refractivity contribution >= 4 is 27.5 Å². The summed E-state index contributed by atoms with van der Waals surface area (Å²) in [4.78, 5) is 14.1. The van der Waals surface area contributed by atoms with Gasteiger partial charge in [-0.05, 0) is 42.8 Å². The molecule has 0 fully saturated rings. The van der Waals surface area contributed by atoms with Gasteiger partial charge in [-0.1, -0.05) is 12.1 Å². The zero-order chi connectivity index (χ0) is 21.5. The summed E-state index contributed by atoms with van der Waals surface area (Å²) in [6, 6.07) is 12.8. The molecule has 5 nitrogen and oxygen atoms in total. The number of rotatable bonds is 5. The monoisotopic (exact) mass is 440 g/mol. The SMILES string of the molecule is Cc1cc2c(cc(C(=O)NCc3ccc4c(c3)OCO4)n2Cc2ccc(F)cc2F)s1. The Kier molecular flexibility index (Phi) is 4.86. The number of benzene rings is 2. The van der Waals surface area contributed by atoms with Crippen LogP contribution in [0.5, 0.6) is 11.5 Å². The molecule has 1 aliphatic heterocycles. The predicted octanol–water partition coefficient (Wildman–Crippen LogP) is 5.00. The largest absolute Gasteiger partial charge is 0.454 e. The van der Waals surface area contributed by atoms with E-state index < -0.39 is 11.6 Å². The average molecular weight is 440 g/mol. The van der Waals surface area contributed by atoms with E-state index >= 15 is 0 Å². The molecule has 1 aliphatic rings. The highest BCUT2D eigenvalue weighted by molar-refractivity contribution is 7.19. The molecule has 0 spiro atoms. The first-order valence-corrected chi connectivity index (χ1v) is 10.5. The summed E-state index contributed by atoms with van der Waals surface area (Å²) in [5.41, 5.74) is 2.45. The van der Waals surface area contributed by atoms with Crippen molar-refractivity contribution in [2.75, 3.05) is 6.79 Å². The van der Waals surface area contributed by atoms with E-state index in [1.54, 1.807) is 15.9 Å². The molecule has 0 atom stereocenters. The second-order valence-corrected chi connectivity index (χ2v) is 8.62. The molecule has 0 saturated carbocycles. The highest BCUT2D eigenvalue weighted by atomic mass is 32.1.